The summed E-state index contributed by atoms with van der Waals surface area (Å²) >= 11 is 12.1. The Balaban J connectivity index is 1.85. The summed E-state index contributed by atoms with van der Waals surface area (Å²) in [6.07, 6.45) is 2.79. The van der Waals surface area contributed by atoms with Gasteiger partial charge in [-0.2, -0.15) is 0 Å². The summed E-state index contributed by atoms with van der Waals surface area (Å²) in [5.74, 6) is -0.240. The molecular weight excluding hydrogens is 385 g/mol. The third-order valence-corrected chi connectivity index (χ3v) is 5.52. The van der Waals surface area contributed by atoms with Crippen molar-refractivity contribution in [3.63, 3.8) is 0 Å². The summed E-state index contributed by atoms with van der Waals surface area (Å²) in [5.41, 5.74) is 0.359. The highest BCUT2D eigenvalue weighted by Gasteiger charge is 2.35. The molecule has 0 unspecified atom stereocenters. The minimum absolute atomic E-state index is 0.166. The second-order valence-electron chi connectivity index (χ2n) is 7.16. The summed E-state index contributed by atoms with van der Waals surface area (Å²) in [4.78, 5) is 21.0. The van der Waals surface area contributed by atoms with Gasteiger partial charge in [0.2, 0.25) is 0 Å². The number of aliphatic hydroxyl groups is 1. The van der Waals surface area contributed by atoms with Crippen LogP contribution in [0.15, 0.2) is 42.6 Å². The summed E-state index contributed by atoms with van der Waals surface area (Å²) in [6.45, 7) is 2.20. The number of halogens is 2. The first-order chi connectivity index (χ1) is 12.9. The summed E-state index contributed by atoms with van der Waals surface area (Å²) in [5, 5.41) is 11.9. The summed E-state index contributed by atoms with van der Waals surface area (Å²) in [7, 11) is 2.03. The van der Waals surface area contributed by atoms with Crippen molar-refractivity contribution in [1.82, 2.24) is 14.8 Å². The van der Waals surface area contributed by atoms with Gasteiger partial charge in [0.1, 0.15) is 5.15 Å². The Kier molecular flexibility index (Phi) is 6.37. The van der Waals surface area contributed by atoms with E-state index in [2.05, 4.69) is 9.88 Å². The molecule has 1 aliphatic rings. The van der Waals surface area contributed by atoms with E-state index in [4.69, 9.17) is 23.2 Å². The molecule has 0 bridgehead atoms. The lowest BCUT2D eigenvalue weighted by atomic mass is 9.90. The zero-order valence-corrected chi connectivity index (χ0v) is 16.7. The number of carbonyl (C=O) groups excluding carboxylic acids is 1. The van der Waals surface area contributed by atoms with Gasteiger partial charge in [-0.05, 0) is 49.7 Å². The molecule has 1 N–H and O–H groups in total. The van der Waals surface area contributed by atoms with Gasteiger partial charge in [0, 0.05) is 30.9 Å². The van der Waals surface area contributed by atoms with Crippen LogP contribution in [0, 0.1) is 0 Å². The molecular formula is C20H23Cl2N3O2. The molecule has 27 heavy (non-hydrogen) atoms. The van der Waals surface area contributed by atoms with Crippen molar-refractivity contribution in [2.45, 2.75) is 25.0 Å². The minimum Gasteiger partial charge on any atom is -0.388 e. The molecule has 144 valence electrons. The molecule has 5 nitrogen and oxygen atoms in total. The van der Waals surface area contributed by atoms with Crippen molar-refractivity contribution in [3.05, 3.63) is 63.9 Å². The van der Waals surface area contributed by atoms with Crippen LogP contribution in [0.25, 0.3) is 0 Å². The van der Waals surface area contributed by atoms with E-state index in [0.717, 1.165) is 18.7 Å². The largest absolute Gasteiger partial charge is 0.388 e. The molecule has 2 aromatic rings. The first kappa shape index (κ1) is 20.1. The molecule has 0 atom stereocenters. The Labute approximate surface area is 169 Å². The van der Waals surface area contributed by atoms with Crippen LogP contribution in [0.5, 0.6) is 0 Å². The summed E-state index contributed by atoms with van der Waals surface area (Å²) in [6, 6.07) is 10.7. The number of carbonyl (C=O) groups is 1. The highest BCUT2D eigenvalue weighted by molar-refractivity contribution is 6.32. The standard InChI is InChI=1S/C20H23Cl2N3O2/c1-24-11-8-20(27,9-12-24)14-25(13-15-4-6-16(21)7-5-15)19(26)17-3-2-10-23-18(17)22/h2-7,10,27H,8-9,11-14H2,1H3. The molecule has 0 aliphatic carbocycles. The number of hydrogen-bond donors (Lipinski definition) is 1. The monoisotopic (exact) mass is 407 g/mol. The number of piperidine rings is 1. The third kappa shape index (κ3) is 5.20. The van der Waals surface area contributed by atoms with Gasteiger partial charge in [0.05, 0.1) is 17.7 Å². The second kappa shape index (κ2) is 8.57. The van der Waals surface area contributed by atoms with E-state index in [1.54, 1.807) is 35.4 Å². The molecule has 1 aliphatic heterocycles. The molecule has 3 rings (SSSR count). The van der Waals surface area contributed by atoms with E-state index >= 15 is 0 Å². The van der Waals surface area contributed by atoms with E-state index in [-0.39, 0.29) is 17.6 Å². The van der Waals surface area contributed by atoms with Crippen LogP contribution in [-0.4, -0.2) is 58.1 Å². The van der Waals surface area contributed by atoms with Gasteiger partial charge in [0.15, 0.2) is 0 Å². The molecule has 0 radical (unpaired) electrons. The first-order valence-corrected chi connectivity index (χ1v) is 9.67. The van der Waals surface area contributed by atoms with Crippen LogP contribution in [0.3, 0.4) is 0 Å². The molecule has 1 amide bonds. The lowest BCUT2D eigenvalue weighted by molar-refractivity contribution is -0.0381. The van der Waals surface area contributed by atoms with E-state index in [0.29, 0.717) is 30.0 Å². The number of likely N-dealkylation sites (tertiary alicyclic amines) is 1. The van der Waals surface area contributed by atoms with Crippen LogP contribution in [0.4, 0.5) is 0 Å². The van der Waals surface area contributed by atoms with Crippen LogP contribution in [0.2, 0.25) is 10.2 Å². The van der Waals surface area contributed by atoms with Gasteiger partial charge in [-0.15, -0.1) is 0 Å². The number of rotatable bonds is 5. The zero-order valence-electron chi connectivity index (χ0n) is 15.2. The average Bonchev–Trinajstić information content (AvgIpc) is 2.65. The highest BCUT2D eigenvalue weighted by Crippen LogP contribution is 2.25. The van der Waals surface area contributed by atoms with E-state index in [1.165, 1.54) is 0 Å². The Hall–Kier alpha value is -1.66. The average molecular weight is 408 g/mol. The first-order valence-electron chi connectivity index (χ1n) is 8.91. The van der Waals surface area contributed by atoms with E-state index < -0.39 is 5.60 Å². The number of aromatic nitrogens is 1. The SMILES string of the molecule is CN1CCC(O)(CN(Cc2ccc(Cl)cc2)C(=O)c2cccnc2Cl)CC1. The summed E-state index contributed by atoms with van der Waals surface area (Å²) < 4.78 is 0. The molecule has 1 saturated heterocycles. The van der Waals surface area contributed by atoms with Crippen LogP contribution in [-0.2, 0) is 6.54 Å². The maximum atomic E-state index is 13.2. The van der Waals surface area contributed by atoms with Crippen molar-refractivity contribution in [2.24, 2.45) is 0 Å². The Bertz CT molecular complexity index is 790. The predicted molar refractivity (Wildman–Crippen MR) is 107 cm³/mol. The molecule has 1 aromatic heterocycles. The van der Waals surface area contributed by atoms with E-state index in [9.17, 15) is 9.90 Å². The van der Waals surface area contributed by atoms with Gasteiger partial charge in [0.25, 0.3) is 5.91 Å². The van der Waals surface area contributed by atoms with Crippen molar-refractivity contribution in [1.29, 1.82) is 0 Å². The number of benzene rings is 1. The number of nitrogens with zero attached hydrogens (tertiary/aromatic N) is 3. The maximum Gasteiger partial charge on any atom is 0.257 e. The smallest absolute Gasteiger partial charge is 0.257 e. The van der Waals surface area contributed by atoms with Crippen LogP contribution < -0.4 is 0 Å². The fourth-order valence-corrected chi connectivity index (χ4v) is 3.60. The van der Waals surface area contributed by atoms with Crippen LogP contribution >= 0.6 is 23.2 Å². The second-order valence-corrected chi connectivity index (χ2v) is 7.95. The van der Waals surface area contributed by atoms with Crippen molar-refractivity contribution >= 4 is 29.1 Å². The number of hydrogen-bond acceptors (Lipinski definition) is 4. The van der Waals surface area contributed by atoms with Gasteiger partial charge in [-0.1, -0.05) is 35.3 Å². The van der Waals surface area contributed by atoms with Crippen molar-refractivity contribution in [3.8, 4) is 0 Å². The number of pyridine rings is 1. The maximum absolute atomic E-state index is 13.2. The zero-order chi connectivity index (χ0) is 19.4. The van der Waals surface area contributed by atoms with Crippen molar-refractivity contribution < 1.29 is 9.90 Å². The van der Waals surface area contributed by atoms with Gasteiger partial charge >= 0.3 is 0 Å². The van der Waals surface area contributed by atoms with Gasteiger partial charge < -0.3 is 14.9 Å². The molecule has 1 aromatic carbocycles. The quantitative estimate of drug-likeness (QED) is 0.770. The topological polar surface area (TPSA) is 56.7 Å². The Morgan fingerprint density at radius 1 is 1.22 bits per heavy atom. The van der Waals surface area contributed by atoms with Gasteiger partial charge in [-0.3, -0.25) is 4.79 Å². The molecule has 7 heteroatoms. The lowest BCUT2D eigenvalue weighted by Gasteiger charge is -2.40. The number of amides is 1. The molecule has 0 spiro atoms. The van der Waals surface area contributed by atoms with Crippen LogP contribution in [0.1, 0.15) is 28.8 Å². The fraction of sp³-hybridized carbons (Fsp3) is 0.400. The predicted octanol–water partition coefficient (Wildman–Crippen LogP) is 3.49. The molecule has 0 saturated carbocycles. The molecule has 1 fully saturated rings. The Morgan fingerprint density at radius 2 is 1.89 bits per heavy atom. The normalized spacial score (nSPS) is 16.9. The molecule has 2 heterocycles. The minimum atomic E-state index is -0.913. The lowest BCUT2D eigenvalue weighted by Crippen LogP contribution is -2.51. The van der Waals surface area contributed by atoms with Crippen molar-refractivity contribution in [2.75, 3.05) is 26.7 Å². The third-order valence-electron chi connectivity index (χ3n) is 4.97. The van der Waals surface area contributed by atoms with E-state index in [1.807, 2.05) is 19.2 Å². The fourth-order valence-electron chi connectivity index (χ4n) is 3.27. The van der Waals surface area contributed by atoms with Gasteiger partial charge in [-0.25, -0.2) is 4.98 Å². The Morgan fingerprint density at radius 3 is 2.52 bits per heavy atom. The highest BCUT2D eigenvalue weighted by atomic mass is 35.5.